The molecule has 1 heterocycles. The molecule has 0 spiro atoms. The Morgan fingerprint density at radius 2 is 1.72 bits per heavy atom. The maximum atomic E-state index is 12.7. The van der Waals surface area contributed by atoms with Crippen LogP contribution in [0, 0.1) is 6.92 Å². The largest absolute Gasteiger partial charge is 0.455 e. The molecule has 1 saturated heterocycles. The van der Waals surface area contributed by atoms with E-state index in [-0.39, 0.29) is 11.9 Å². The Morgan fingerprint density at radius 3 is 2.41 bits per heavy atom. The van der Waals surface area contributed by atoms with Gasteiger partial charge in [-0.1, -0.05) is 29.8 Å². The number of urea groups is 1. The molecule has 146 valence electrons. The number of anilines is 2. The predicted octanol–water partition coefficient (Wildman–Crippen LogP) is 4.57. The van der Waals surface area contributed by atoms with E-state index in [4.69, 9.17) is 4.74 Å². The minimum Gasteiger partial charge on any atom is -0.455 e. The third-order valence-electron chi connectivity index (χ3n) is 4.68. The van der Waals surface area contributed by atoms with Crippen LogP contribution in [0.2, 0.25) is 0 Å². The molecule has 0 radical (unpaired) electrons. The molecule has 6 nitrogen and oxygen atoms in total. The highest BCUT2D eigenvalue weighted by Gasteiger charge is 2.21. The number of carbonyl (C=O) groups is 2. The van der Waals surface area contributed by atoms with Gasteiger partial charge < -0.3 is 15.4 Å². The number of carbonyl (C=O) groups excluding carboxylic acids is 2. The summed E-state index contributed by atoms with van der Waals surface area (Å²) in [6, 6.07) is 21.9. The highest BCUT2D eigenvalue weighted by atomic mass is 16.5. The van der Waals surface area contributed by atoms with Crippen LogP contribution in [0.5, 0.6) is 11.5 Å². The van der Waals surface area contributed by atoms with E-state index < -0.39 is 0 Å². The first-order chi connectivity index (χ1) is 14.1. The molecule has 1 fully saturated rings. The molecule has 1 aliphatic heterocycles. The number of ether oxygens (including phenoxy) is 1. The molecular formula is C23H21N3O3. The van der Waals surface area contributed by atoms with Crippen molar-refractivity contribution in [3.8, 4) is 11.5 Å². The van der Waals surface area contributed by atoms with Crippen molar-refractivity contribution in [1.29, 1.82) is 0 Å². The first-order valence-electron chi connectivity index (χ1n) is 9.40. The Hall–Kier alpha value is -3.80. The zero-order chi connectivity index (χ0) is 20.2. The number of hydrogen-bond donors (Lipinski definition) is 2. The maximum absolute atomic E-state index is 12.7. The predicted molar refractivity (Wildman–Crippen MR) is 113 cm³/mol. The van der Waals surface area contributed by atoms with Crippen LogP contribution < -0.4 is 20.3 Å². The van der Waals surface area contributed by atoms with E-state index in [2.05, 4.69) is 10.6 Å². The lowest BCUT2D eigenvalue weighted by Gasteiger charge is -2.15. The molecule has 3 aromatic rings. The third-order valence-corrected chi connectivity index (χ3v) is 4.68. The van der Waals surface area contributed by atoms with Crippen molar-refractivity contribution < 1.29 is 14.3 Å². The van der Waals surface area contributed by atoms with Crippen LogP contribution in [0.15, 0.2) is 72.8 Å². The molecule has 2 N–H and O–H groups in total. The Labute approximate surface area is 169 Å². The first-order valence-corrected chi connectivity index (χ1v) is 9.40. The number of benzene rings is 3. The molecule has 6 heteroatoms. The highest BCUT2D eigenvalue weighted by Crippen LogP contribution is 2.30. The van der Waals surface area contributed by atoms with Crippen molar-refractivity contribution >= 4 is 23.3 Å². The SMILES string of the molecule is Cc1ccc(Oc2ccccc2NC(=O)c2ccc(N3CCNC3=O)cc2)cc1. The monoisotopic (exact) mass is 387 g/mol. The maximum Gasteiger partial charge on any atom is 0.321 e. The lowest BCUT2D eigenvalue weighted by molar-refractivity contribution is 0.102. The molecule has 4 rings (SSSR count). The van der Waals surface area contributed by atoms with Gasteiger partial charge in [-0.3, -0.25) is 9.69 Å². The van der Waals surface area contributed by atoms with Crippen molar-refractivity contribution in [3.63, 3.8) is 0 Å². The van der Waals surface area contributed by atoms with Gasteiger partial charge in [0.05, 0.1) is 5.69 Å². The molecule has 1 aliphatic rings. The second kappa shape index (κ2) is 8.06. The standard InChI is InChI=1S/C23H21N3O3/c1-16-6-12-19(13-7-16)29-21-5-3-2-4-20(21)25-22(27)17-8-10-18(11-9-17)26-15-14-24-23(26)28/h2-13H,14-15H2,1H3,(H,24,28)(H,25,27). The summed E-state index contributed by atoms with van der Waals surface area (Å²) in [4.78, 5) is 26.1. The molecule has 3 aromatic carbocycles. The smallest absolute Gasteiger partial charge is 0.321 e. The van der Waals surface area contributed by atoms with Gasteiger partial charge in [0.2, 0.25) is 0 Å². The summed E-state index contributed by atoms with van der Waals surface area (Å²) in [5, 5.41) is 5.66. The van der Waals surface area contributed by atoms with Gasteiger partial charge in [-0.05, 0) is 55.5 Å². The summed E-state index contributed by atoms with van der Waals surface area (Å²) in [6.07, 6.45) is 0. The van der Waals surface area contributed by atoms with Crippen molar-refractivity contribution in [2.45, 2.75) is 6.92 Å². The van der Waals surface area contributed by atoms with Crippen LogP contribution in [0.1, 0.15) is 15.9 Å². The lowest BCUT2D eigenvalue weighted by Crippen LogP contribution is -2.27. The number of nitrogens with zero attached hydrogens (tertiary/aromatic N) is 1. The number of para-hydroxylation sites is 2. The van der Waals surface area contributed by atoms with Gasteiger partial charge in [-0.15, -0.1) is 0 Å². The van der Waals surface area contributed by atoms with E-state index in [9.17, 15) is 9.59 Å². The van der Waals surface area contributed by atoms with Crippen molar-refractivity contribution in [3.05, 3.63) is 83.9 Å². The fourth-order valence-electron chi connectivity index (χ4n) is 3.10. The van der Waals surface area contributed by atoms with E-state index in [0.717, 1.165) is 11.3 Å². The van der Waals surface area contributed by atoms with Gasteiger partial charge in [-0.2, -0.15) is 0 Å². The quantitative estimate of drug-likeness (QED) is 0.674. The number of nitrogens with one attached hydrogen (secondary N) is 2. The zero-order valence-electron chi connectivity index (χ0n) is 16.0. The Morgan fingerprint density at radius 1 is 1.00 bits per heavy atom. The van der Waals surface area contributed by atoms with Crippen molar-refractivity contribution in [1.82, 2.24) is 5.32 Å². The van der Waals surface area contributed by atoms with Crippen LogP contribution in [-0.4, -0.2) is 25.0 Å². The van der Waals surface area contributed by atoms with E-state index >= 15 is 0 Å². The average Bonchev–Trinajstić information content (AvgIpc) is 3.17. The molecule has 0 atom stereocenters. The Kier molecular flexibility index (Phi) is 5.16. The number of aryl methyl sites for hydroxylation is 1. The fraction of sp³-hybridized carbons (Fsp3) is 0.130. The summed E-state index contributed by atoms with van der Waals surface area (Å²) in [7, 11) is 0. The van der Waals surface area contributed by atoms with Crippen LogP contribution in [-0.2, 0) is 0 Å². The summed E-state index contributed by atoms with van der Waals surface area (Å²) in [5.74, 6) is 1.02. The van der Waals surface area contributed by atoms with Gasteiger partial charge in [0.1, 0.15) is 5.75 Å². The summed E-state index contributed by atoms with van der Waals surface area (Å²) < 4.78 is 5.93. The Balaban J connectivity index is 1.48. The fourth-order valence-corrected chi connectivity index (χ4v) is 3.10. The normalized spacial score (nSPS) is 13.1. The molecule has 0 bridgehead atoms. The summed E-state index contributed by atoms with van der Waals surface area (Å²) >= 11 is 0. The van der Waals surface area contributed by atoms with E-state index in [1.807, 2.05) is 49.4 Å². The van der Waals surface area contributed by atoms with E-state index in [0.29, 0.717) is 35.8 Å². The molecule has 0 saturated carbocycles. The second-order valence-corrected chi connectivity index (χ2v) is 6.80. The molecule has 0 unspecified atom stereocenters. The van der Waals surface area contributed by atoms with Crippen LogP contribution >= 0.6 is 0 Å². The number of amides is 3. The van der Waals surface area contributed by atoms with Crippen LogP contribution in [0.4, 0.5) is 16.2 Å². The molecule has 29 heavy (non-hydrogen) atoms. The molecular weight excluding hydrogens is 366 g/mol. The zero-order valence-corrected chi connectivity index (χ0v) is 16.0. The molecule has 0 aliphatic carbocycles. The summed E-state index contributed by atoms with van der Waals surface area (Å²) in [5.41, 5.74) is 2.99. The van der Waals surface area contributed by atoms with Gasteiger partial charge in [0.15, 0.2) is 5.75 Å². The van der Waals surface area contributed by atoms with Gasteiger partial charge in [0, 0.05) is 24.3 Å². The molecule has 0 aromatic heterocycles. The van der Waals surface area contributed by atoms with Gasteiger partial charge in [0.25, 0.3) is 5.91 Å². The topological polar surface area (TPSA) is 70.7 Å². The average molecular weight is 387 g/mol. The lowest BCUT2D eigenvalue weighted by atomic mass is 10.1. The van der Waals surface area contributed by atoms with Crippen LogP contribution in [0.25, 0.3) is 0 Å². The van der Waals surface area contributed by atoms with Crippen molar-refractivity contribution in [2.24, 2.45) is 0 Å². The second-order valence-electron chi connectivity index (χ2n) is 6.80. The highest BCUT2D eigenvalue weighted by molar-refractivity contribution is 6.05. The van der Waals surface area contributed by atoms with E-state index in [1.165, 1.54) is 0 Å². The first kappa shape index (κ1) is 18.6. The Bertz CT molecular complexity index is 1030. The molecule has 3 amide bonds. The number of rotatable bonds is 5. The third kappa shape index (κ3) is 4.21. The van der Waals surface area contributed by atoms with E-state index in [1.54, 1.807) is 35.2 Å². The minimum absolute atomic E-state index is 0.121. The van der Waals surface area contributed by atoms with Crippen LogP contribution in [0.3, 0.4) is 0 Å². The van der Waals surface area contributed by atoms with Crippen molar-refractivity contribution in [2.75, 3.05) is 23.3 Å². The van der Waals surface area contributed by atoms with Gasteiger partial charge in [-0.25, -0.2) is 4.79 Å². The number of hydrogen-bond acceptors (Lipinski definition) is 3. The minimum atomic E-state index is -0.248. The summed E-state index contributed by atoms with van der Waals surface area (Å²) in [6.45, 7) is 3.26. The van der Waals surface area contributed by atoms with Gasteiger partial charge >= 0.3 is 6.03 Å².